The number of carbonyl (C=O) groups is 1. The van der Waals surface area contributed by atoms with E-state index in [0.29, 0.717) is 18.1 Å². The van der Waals surface area contributed by atoms with Crippen LogP contribution in [0.15, 0.2) is 30.3 Å². The van der Waals surface area contributed by atoms with Crippen LogP contribution in [0.3, 0.4) is 0 Å². The Morgan fingerprint density at radius 1 is 1.28 bits per heavy atom. The van der Waals surface area contributed by atoms with Gasteiger partial charge in [-0.2, -0.15) is 0 Å². The average molecular weight is 266 g/mol. The van der Waals surface area contributed by atoms with E-state index < -0.39 is 0 Å². The van der Waals surface area contributed by atoms with Crippen molar-refractivity contribution in [2.24, 2.45) is 11.8 Å². The second kappa shape index (κ2) is 5.76. The van der Waals surface area contributed by atoms with Crippen LogP contribution in [0.25, 0.3) is 0 Å². The first-order valence-electron chi connectivity index (χ1n) is 6.15. The molecule has 3 nitrogen and oxygen atoms in total. The van der Waals surface area contributed by atoms with Crippen LogP contribution in [0.4, 0.5) is 0 Å². The summed E-state index contributed by atoms with van der Waals surface area (Å²) in [6.07, 6.45) is 0. The van der Waals surface area contributed by atoms with Gasteiger partial charge in [0.05, 0.1) is 5.56 Å². The second-order valence-electron chi connectivity index (χ2n) is 4.75. The molecule has 1 heterocycles. The fourth-order valence-electron chi connectivity index (χ4n) is 2.03. The van der Waals surface area contributed by atoms with E-state index in [4.69, 9.17) is 4.74 Å². The first-order valence-corrected chi connectivity index (χ1v) is 7.09. The van der Waals surface area contributed by atoms with Crippen molar-refractivity contribution in [1.82, 2.24) is 0 Å². The van der Waals surface area contributed by atoms with E-state index >= 15 is 0 Å². The number of aliphatic hydroxyl groups is 1. The molecular formula is C14H18O3S. The van der Waals surface area contributed by atoms with E-state index in [2.05, 4.69) is 6.92 Å². The van der Waals surface area contributed by atoms with Crippen molar-refractivity contribution in [1.29, 1.82) is 0 Å². The number of hydrogen-bond acceptors (Lipinski definition) is 4. The molecule has 4 heteroatoms. The van der Waals surface area contributed by atoms with Crippen molar-refractivity contribution in [3.8, 4) is 0 Å². The van der Waals surface area contributed by atoms with Crippen LogP contribution in [0.5, 0.6) is 0 Å². The Labute approximate surface area is 112 Å². The Morgan fingerprint density at radius 2 is 1.94 bits per heavy atom. The largest absolute Gasteiger partial charge is 0.461 e. The summed E-state index contributed by atoms with van der Waals surface area (Å²) in [6.45, 7) is 4.48. The second-order valence-corrected chi connectivity index (χ2v) is 6.11. The Hall–Kier alpha value is -1.00. The van der Waals surface area contributed by atoms with Crippen LogP contribution < -0.4 is 0 Å². The normalized spacial score (nSPS) is 31.3. The van der Waals surface area contributed by atoms with Crippen LogP contribution >= 0.6 is 11.8 Å². The van der Waals surface area contributed by atoms with Crippen molar-refractivity contribution in [3.05, 3.63) is 35.9 Å². The van der Waals surface area contributed by atoms with E-state index in [0.717, 1.165) is 0 Å². The van der Waals surface area contributed by atoms with Gasteiger partial charge in [-0.1, -0.05) is 32.0 Å². The van der Waals surface area contributed by atoms with Crippen molar-refractivity contribution in [3.63, 3.8) is 0 Å². The molecule has 0 aromatic heterocycles. The molecule has 2 rings (SSSR count). The molecular weight excluding hydrogens is 248 g/mol. The molecule has 1 aliphatic heterocycles. The molecule has 2 unspecified atom stereocenters. The Morgan fingerprint density at radius 3 is 2.50 bits per heavy atom. The number of ether oxygens (including phenoxy) is 1. The standard InChI is InChI=1S/C14H18O3S/c1-9-10(2)14(16)18-12(9)8-17-13(15)11-6-4-3-5-7-11/h3-7,9-10,12,14,16H,8H2,1-2H3/t9-,10?,12+,14?/m0/s1. The average Bonchev–Trinajstić information content (AvgIpc) is 2.64. The van der Waals surface area contributed by atoms with Crippen LogP contribution in [0.2, 0.25) is 0 Å². The minimum atomic E-state index is -0.347. The summed E-state index contributed by atoms with van der Waals surface area (Å²) in [6, 6.07) is 8.98. The molecule has 4 atom stereocenters. The van der Waals surface area contributed by atoms with Crippen molar-refractivity contribution < 1.29 is 14.6 Å². The third-order valence-electron chi connectivity index (χ3n) is 3.57. The fraction of sp³-hybridized carbons (Fsp3) is 0.500. The maximum atomic E-state index is 11.8. The van der Waals surface area contributed by atoms with Gasteiger partial charge in [-0.3, -0.25) is 0 Å². The van der Waals surface area contributed by atoms with Crippen LogP contribution in [-0.2, 0) is 4.74 Å². The smallest absolute Gasteiger partial charge is 0.338 e. The van der Waals surface area contributed by atoms with E-state index in [1.807, 2.05) is 25.1 Å². The summed E-state index contributed by atoms with van der Waals surface area (Å²) < 4.78 is 5.31. The SMILES string of the molecule is CC1C(O)S[C@H](COC(=O)c2ccccc2)[C@H]1C. The predicted molar refractivity (Wildman–Crippen MR) is 72.4 cm³/mol. The molecule has 1 N–H and O–H groups in total. The van der Waals surface area contributed by atoms with Crippen molar-refractivity contribution in [2.45, 2.75) is 24.5 Å². The summed E-state index contributed by atoms with van der Waals surface area (Å²) in [5.74, 6) is 0.307. The lowest BCUT2D eigenvalue weighted by atomic mass is 9.94. The molecule has 1 fully saturated rings. The minimum absolute atomic E-state index is 0.183. The summed E-state index contributed by atoms with van der Waals surface area (Å²) in [5, 5.41) is 9.93. The van der Waals surface area contributed by atoms with Gasteiger partial charge in [0.1, 0.15) is 12.0 Å². The number of esters is 1. The number of hydrogen-bond donors (Lipinski definition) is 1. The van der Waals surface area contributed by atoms with Gasteiger partial charge in [-0.15, -0.1) is 11.8 Å². The highest BCUT2D eigenvalue weighted by atomic mass is 32.2. The quantitative estimate of drug-likeness (QED) is 0.854. The first-order chi connectivity index (χ1) is 8.59. The van der Waals surface area contributed by atoms with Crippen molar-refractivity contribution >= 4 is 17.7 Å². The number of rotatable bonds is 3. The molecule has 1 aromatic rings. The topological polar surface area (TPSA) is 46.5 Å². The molecule has 18 heavy (non-hydrogen) atoms. The highest BCUT2D eigenvalue weighted by molar-refractivity contribution is 8.00. The lowest BCUT2D eigenvalue weighted by Crippen LogP contribution is -2.21. The summed E-state index contributed by atoms with van der Waals surface area (Å²) in [7, 11) is 0. The molecule has 98 valence electrons. The van der Waals surface area contributed by atoms with E-state index in [-0.39, 0.29) is 22.6 Å². The number of benzene rings is 1. The molecule has 0 amide bonds. The Balaban J connectivity index is 1.88. The third kappa shape index (κ3) is 2.87. The van der Waals surface area contributed by atoms with Crippen LogP contribution in [0, 0.1) is 11.8 Å². The molecule has 0 bridgehead atoms. The van der Waals surface area contributed by atoms with Crippen LogP contribution in [0.1, 0.15) is 24.2 Å². The zero-order valence-electron chi connectivity index (χ0n) is 10.6. The monoisotopic (exact) mass is 266 g/mol. The van der Waals surface area contributed by atoms with Gasteiger partial charge in [0.25, 0.3) is 0 Å². The van der Waals surface area contributed by atoms with E-state index in [1.54, 1.807) is 12.1 Å². The molecule has 0 saturated carbocycles. The Kier molecular flexibility index (Phi) is 4.30. The summed E-state index contributed by atoms with van der Waals surface area (Å²) in [5.41, 5.74) is 0.224. The maximum absolute atomic E-state index is 11.8. The van der Waals surface area contributed by atoms with Crippen LogP contribution in [-0.4, -0.2) is 28.4 Å². The number of aliphatic hydroxyl groups excluding tert-OH is 1. The highest BCUT2D eigenvalue weighted by Crippen LogP contribution is 2.41. The van der Waals surface area contributed by atoms with Gasteiger partial charge >= 0.3 is 5.97 Å². The molecule has 0 spiro atoms. The van der Waals surface area contributed by atoms with Gasteiger partial charge in [-0.05, 0) is 24.0 Å². The predicted octanol–water partition coefficient (Wildman–Crippen LogP) is 2.55. The molecule has 1 saturated heterocycles. The first kappa shape index (κ1) is 13.4. The maximum Gasteiger partial charge on any atom is 0.338 e. The molecule has 1 aromatic carbocycles. The summed E-state index contributed by atoms with van der Waals surface area (Å²) >= 11 is 1.50. The van der Waals surface area contributed by atoms with Gasteiger partial charge in [0, 0.05) is 5.25 Å². The number of thioether (sulfide) groups is 1. The molecule has 0 aliphatic carbocycles. The van der Waals surface area contributed by atoms with Gasteiger partial charge < -0.3 is 9.84 Å². The zero-order chi connectivity index (χ0) is 13.1. The van der Waals surface area contributed by atoms with E-state index in [1.165, 1.54) is 11.8 Å². The van der Waals surface area contributed by atoms with E-state index in [9.17, 15) is 9.90 Å². The van der Waals surface area contributed by atoms with Gasteiger partial charge in [0.2, 0.25) is 0 Å². The lowest BCUT2D eigenvalue weighted by molar-refractivity contribution is 0.0486. The molecule has 1 aliphatic rings. The Bertz CT molecular complexity index is 407. The highest BCUT2D eigenvalue weighted by Gasteiger charge is 2.38. The number of carbonyl (C=O) groups excluding carboxylic acids is 1. The zero-order valence-corrected chi connectivity index (χ0v) is 11.4. The van der Waals surface area contributed by atoms with Gasteiger partial charge in [0.15, 0.2) is 0 Å². The molecule has 0 radical (unpaired) electrons. The minimum Gasteiger partial charge on any atom is -0.461 e. The summed E-state index contributed by atoms with van der Waals surface area (Å²) in [4.78, 5) is 11.8. The lowest BCUT2D eigenvalue weighted by Gasteiger charge is -2.16. The van der Waals surface area contributed by atoms with Gasteiger partial charge in [-0.25, -0.2) is 4.79 Å². The van der Waals surface area contributed by atoms with Crippen molar-refractivity contribution in [2.75, 3.05) is 6.61 Å². The third-order valence-corrected chi connectivity index (χ3v) is 5.19. The fourth-order valence-corrected chi connectivity index (χ4v) is 3.53.